The maximum absolute atomic E-state index is 13.4. The molecular weight excluding hydrogens is 221 g/mol. The molecule has 1 unspecified atom stereocenters. The van der Waals surface area contributed by atoms with Crippen LogP contribution in [-0.2, 0) is 0 Å². The number of benzene rings is 1. The van der Waals surface area contributed by atoms with E-state index in [0.717, 1.165) is 5.56 Å². The molecule has 0 fully saturated rings. The fourth-order valence-electron chi connectivity index (χ4n) is 1.63. The van der Waals surface area contributed by atoms with Crippen molar-refractivity contribution in [2.75, 3.05) is 13.2 Å². The molecule has 0 radical (unpaired) electrons. The molecule has 0 aliphatic heterocycles. The maximum Gasteiger partial charge on any atom is 0.126 e. The molecule has 3 nitrogen and oxygen atoms in total. The Morgan fingerprint density at radius 3 is 2.41 bits per heavy atom. The quantitative estimate of drug-likeness (QED) is 0.732. The minimum absolute atomic E-state index is 0.144. The van der Waals surface area contributed by atoms with Crippen molar-refractivity contribution in [3.8, 4) is 0 Å². The Morgan fingerprint density at radius 1 is 1.35 bits per heavy atom. The molecule has 0 spiro atoms. The van der Waals surface area contributed by atoms with E-state index in [1.54, 1.807) is 19.9 Å². The number of hydrogen-bond acceptors (Lipinski definition) is 3. The maximum atomic E-state index is 13.4. The summed E-state index contributed by atoms with van der Waals surface area (Å²) in [6.45, 7) is 4.94. The molecule has 0 amide bonds. The molecule has 0 aliphatic carbocycles. The first-order chi connectivity index (χ1) is 7.91. The zero-order valence-electron chi connectivity index (χ0n) is 10.5. The van der Waals surface area contributed by atoms with E-state index < -0.39 is 5.54 Å². The van der Waals surface area contributed by atoms with Crippen molar-refractivity contribution >= 4 is 0 Å². The summed E-state index contributed by atoms with van der Waals surface area (Å²) in [7, 11) is 0. The summed E-state index contributed by atoms with van der Waals surface area (Å²) in [4.78, 5) is 0. The van der Waals surface area contributed by atoms with Gasteiger partial charge in [-0.05, 0) is 38.0 Å². The fourth-order valence-corrected chi connectivity index (χ4v) is 1.63. The summed E-state index contributed by atoms with van der Waals surface area (Å²) in [5, 5.41) is 21.5. The zero-order chi connectivity index (χ0) is 13.1. The average molecular weight is 241 g/mol. The molecule has 0 bridgehead atoms. The van der Waals surface area contributed by atoms with Gasteiger partial charge in [0.1, 0.15) is 5.82 Å². The third kappa shape index (κ3) is 3.49. The van der Waals surface area contributed by atoms with Gasteiger partial charge in [-0.1, -0.05) is 12.1 Å². The van der Waals surface area contributed by atoms with Gasteiger partial charge in [0.15, 0.2) is 0 Å². The van der Waals surface area contributed by atoms with E-state index in [1.807, 2.05) is 13.0 Å². The molecule has 0 saturated heterocycles. The molecule has 0 aliphatic rings. The van der Waals surface area contributed by atoms with E-state index in [2.05, 4.69) is 5.32 Å². The summed E-state index contributed by atoms with van der Waals surface area (Å²) in [6.07, 6.45) is 0. The molecule has 17 heavy (non-hydrogen) atoms. The molecule has 0 heterocycles. The smallest absolute Gasteiger partial charge is 0.126 e. The lowest BCUT2D eigenvalue weighted by molar-refractivity contribution is 0.0957. The Hall–Kier alpha value is -0.970. The van der Waals surface area contributed by atoms with Crippen molar-refractivity contribution in [1.29, 1.82) is 0 Å². The summed E-state index contributed by atoms with van der Waals surface area (Å²) in [5.74, 6) is -0.245. The minimum atomic E-state index is -0.763. The molecule has 1 rings (SSSR count). The highest BCUT2D eigenvalue weighted by Gasteiger charge is 2.24. The Morgan fingerprint density at radius 2 is 1.94 bits per heavy atom. The van der Waals surface area contributed by atoms with Crippen LogP contribution in [0.25, 0.3) is 0 Å². The third-order valence-corrected chi connectivity index (χ3v) is 2.96. The van der Waals surface area contributed by atoms with Crippen LogP contribution < -0.4 is 5.32 Å². The molecule has 1 aromatic carbocycles. The van der Waals surface area contributed by atoms with Crippen LogP contribution in [0.2, 0.25) is 0 Å². The highest BCUT2D eigenvalue weighted by atomic mass is 19.1. The number of hydrogen-bond donors (Lipinski definition) is 3. The summed E-state index contributed by atoms with van der Waals surface area (Å²) < 4.78 is 13.4. The lowest BCUT2D eigenvalue weighted by Gasteiger charge is -2.30. The third-order valence-electron chi connectivity index (χ3n) is 2.96. The van der Waals surface area contributed by atoms with Gasteiger partial charge in [0.05, 0.1) is 18.8 Å². The van der Waals surface area contributed by atoms with Crippen LogP contribution >= 0.6 is 0 Å². The van der Waals surface area contributed by atoms with Crippen LogP contribution in [0.4, 0.5) is 4.39 Å². The predicted molar refractivity (Wildman–Crippen MR) is 65.3 cm³/mol. The Kier molecular flexibility index (Phi) is 4.62. The lowest BCUT2D eigenvalue weighted by Crippen LogP contribution is -2.49. The monoisotopic (exact) mass is 241 g/mol. The SMILES string of the molecule is Cc1ccc(C(C)NC(C)(CO)CO)cc1F. The van der Waals surface area contributed by atoms with Crippen LogP contribution in [0, 0.1) is 12.7 Å². The second-order valence-electron chi connectivity index (χ2n) is 4.75. The molecule has 1 aromatic rings. The minimum Gasteiger partial charge on any atom is -0.394 e. The van der Waals surface area contributed by atoms with Gasteiger partial charge in [0.25, 0.3) is 0 Å². The van der Waals surface area contributed by atoms with Gasteiger partial charge in [-0.2, -0.15) is 0 Å². The molecule has 0 aromatic heterocycles. The number of halogens is 1. The van der Waals surface area contributed by atoms with Gasteiger partial charge in [0, 0.05) is 6.04 Å². The first kappa shape index (κ1) is 14.1. The highest BCUT2D eigenvalue weighted by Crippen LogP contribution is 2.19. The standard InChI is InChI=1S/C13H20FNO2/c1-9-4-5-11(6-12(9)14)10(2)15-13(3,7-16)8-17/h4-6,10,15-17H,7-8H2,1-3H3. The van der Waals surface area contributed by atoms with Crippen molar-refractivity contribution < 1.29 is 14.6 Å². The number of aliphatic hydroxyl groups is 2. The van der Waals surface area contributed by atoms with Crippen molar-refractivity contribution in [2.24, 2.45) is 0 Å². The van der Waals surface area contributed by atoms with Gasteiger partial charge >= 0.3 is 0 Å². The van der Waals surface area contributed by atoms with E-state index in [4.69, 9.17) is 0 Å². The number of rotatable bonds is 5. The van der Waals surface area contributed by atoms with E-state index in [9.17, 15) is 14.6 Å². The van der Waals surface area contributed by atoms with Gasteiger partial charge in [-0.25, -0.2) is 4.39 Å². The zero-order valence-corrected chi connectivity index (χ0v) is 10.5. The summed E-state index contributed by atoms with van der Waals surface area (Å²) in [5.41, 5.74) is 0.634. The van der Waals surface area contributed by atoms with Gasteiger partial charge in [0.2, 0.25) is 0 Å². The van der Waals surface area contributed by atoms with Crippen molar-refractivity contribution in [3.63, 3.8) is 0 Å². The van der Waals surface area contributed by atoms with Crippen LogP contribution in [0.3, 0.4) is 0 Å². The normalized spacial score (nSPS) is 13.8. The van der Waals surface area contributed by atoms with Crippen LogP contribution in [-0.4, -0.2) is 29.0 Å². The fraction of sp³-hybridized carbons (Fsp3) is 0.538. The number of nitrogens with one attached hydrogen (secondary N) is 1. The first-order valence-corrected chi connectivity index (χ1v) is 5.67. The molecule has 96 valence electrons. The van der Waals surface area contributed by atoms with E-state index in [-0.39, 0.29) is 25.1 Å². The van der Waals surface area contributed by atoms with Gasteiger partial charge < -0.3 is 15.5 Å². The number of aryl methyl sites for hydroxylation is 1. The van der Waals surface area contributed by atoms with E-state index in [1.165, 1.54) is 6.07 Å². The second kappa shape index (κ2) is 5.58. The van der Waals surface area contributed by atoms with Crippen molar-refractivity contribution in [3.05, 3.63) is 35.1 Å². The Labute approximate surface area is 101 Å². The largest absolute Gasteiger partial charge is 0.394 e. The average Bonchev–Trinajstić information content (AvgIpc) is 2.32. The van der Waals surface area contributed by atoms with Gasteiger partial charge in [-0.15, -0.1) is 0 Å². The van der Waals surface area contributed by atoms with Crippen LogP contribution in [0.5, 0.6) is 0 Å². The molecule has 3 N–H and O–H groups in total. The lowest BCUT2D eigenvalue weighted by atomic mass is 10.00. The predicted octanol–water partition coefficient (Wildman–Crippen LogP) is 1.53. The number of aliphatic hydroxyl groups excluding tert-OH is 2. The van der Waals surface area contributed by atoms with Crippen molar-refractivity contribution in [1.82, 2.24) is 5.32 Å². The Bertz CT molecular complexity index is 378. The van der Waals surface area contributed by atoms with Gasteiger partial charge in [-0.3, -0.25) is 0 Å². The molecule has 0 saturated carbocycles. The van der Waals surface area contributed by atoms with Crippen LogP contribution in [0.15, 0.2) is 18.2 Å². The molecule has 4 heteroatoms. The first-order valence-electron chi connectivity index (χ1n) is 5.67. The Balaban J connectivity index is 2.82. The summed E-state index contributed by atoms with van der Waals surface area (Å²) >= 11 is 0. The summed E-state index contributed by atoms with van der Waals surface area (Å²) in [6, 6.07) is 4.89. The molecule has 1 atom stereocenters. The highest BCUT2D eigenvalue weighted by molar-refractivity contribution is 5.25. The van der Waals surface area contributed by atoms with E-state index in [0.29, 0.717) is 5.56 Å². The van der Waals surface area contributed by atoms with E-state index >= 15 is 0 Å². The van der Waals surface area contributed by atoms with Crippen molar-refractivity contribution in [2.45, 2.75) is 32.4 Å². The second-order valence-corrected chi connectivity index (χ2v) is 4.75. The topological polar surface area (TPSA) is 52.5 Å². The molecular formula is C13H20FNO2. The van der Waals surface area contributed by atoms with Crippen LogP contribution in [0.1, 0.15) is 31.0 Å².